The van der Waals surface area contributed by atoms with E-state index in [4.69, 9.17) is 4.52 Å². The Hall–Kier alpha value is -2.59. The largest absolute Gasteiger partial charge is 0.339 e. The van der Waals surface area contributed by atoms with Gasteiger partial charge in [0, 0.05) is 23.0 Å². The minimum Gasteiger partial charge on any atom is -0.339 e. The standard InChI is InChI=1S/C18H15BrFN3O4S/c19-12-1-5-14(6-2-12)21-17(24)9-10-18-22-16(23-27-18)11-28(25,26)15-7-3-13(20)4-8-15/h1-8H,9-11H2,(H,21,24). The van der Waals surface area contributed by atoms with Gasteiger partial charge in [-0.2, -0.15) is 4.98 Å². The van der Waals surface area contributed by atoms with Gasteiger partial charge in [-0.05, 0) is 48.5 Å². The lowest BCUT2D eigenvalue weighted by Gasteiger charge is -2.03. The molecule has 1 aromatic heterocycles. The summed E-state index contributed by atoms with van der Waals surface area (Å²) in [5.74, 6) is -1.10. The number of anilines is 1. The molecule has 3 aromatic rings. The summed E-state index contributed by atoms with van der Waals surface area (Å²) in [5, 5.41) is 6.37. The lowest BCUT2D eigenvalue weighted by atomic mass is 10.2. The quantitative estimate of drug-likeness (QED) is 0.533. The Morgan fingerprint density at radius 1 is 1.11 bits per heavy atom. The molecule has 3 rings (SSSR count). The average molecular weight is 468 g/mol. The number of amides is 1. The third-order valence-electron chi connectivity index (χ3n) is 3.70. The van der Waals surface area contributed by atoms with Crippen LogP contribution in [-0.2, 0) is 26.8 Å². The van der Waals surface area contributed by atoms with Crippen molar-refractivity contribution in [3.63, 3.8) is 0 Å². The van der Waals surface area contributed by atoms with Gasteiger partial charge in [0.05, 0.1) is 4.90 Å². The van der Waals surface area contributed by atoms with Crippen LogP contribution < -0.4 is 5.32 Å². The van der Waals surface area contributed by atoms with Crippen molar-refractivity contribution in [3.05, 3.63) is 70.5 Å². The van der Waals surface area contributed by atoms with Gasteiger partial charge in [0.25, 0.3) is 0 Å². The highest BCUT2D eigenvalue weighted by molar-refractivity contribution is 9.10. The minimum absolute atomic E-state index is 0.0207. The summed E-state index contributed by atoms with van der Waals surface area (Å²) in [5.41, 5.74) is 0.657. The minimum atomic E-state index is -3.73. The molecule has 2 aromatic carbocycles. The second-order valence-corrected chi connectivity index (χ2v) is 8.78. The summed E-state index contributed by atoms with van der Waals surface area (Å²) in [7, 11) is -3.73. The van der Waals surface area contributed by atoms with Crippen molar-refractivity contribution in [2.24, 2.45) is 0 Å². The number of nitrogens with zero attached hydrogens (tertiary/aromatic N) is 2. The van der Waals surface area contributed by atoms with Crippen LogP contribution in [0.5, 0.6) is 0 Å². The molecule has 0 fully saturated rings. The van der Waals surface area contributed by atoms with E-state index >= 15 is 0 Å². The molecular weight excluding hydrogens is 453 g/mol. The van der Waals surface area contributed by atoms with Crippen LogP contribution >= 0.6 is 15.9 Å². The average Bonchev–Trinajstić information content (AvgIpc) is 3.09. The van der Waals surface area contributed by atoms with E-state index < -0.39 is 21.4 Å². The molecule has 1 amide bonds. The Morgan fingerprint density at radius 2 is 1.79 bits per heavy atom. The third-order valence-corrected chi connectivity index (χ3v) is 5.85. The second kappa shape index (κ2) is 8.61. The van der Waals surface area contributed by atoms with Crippen molar-refractivity contribution in [2.75, 3.05) is 5.32 Å². The monoisotopic (exact) mass is 467 g/mol. The lowest BCUT2D eigenvalue weighted by Crippen LogP contribution is -2.12. The molecule has 0 saturated heterocycles. The van der Waals surface area contributed by atoms with Gasteiger partial charge < -0.3 is 9.84 Å². The molecule has 10 heteroatoms. The Bertz CT molecular complexity index is 1070. The lowest BCUT2D eigenvalue weighted by molar-refractivity contribution is -0.116. The van der Waals surface area contributed by atoms with Gasteiger partial charge in [0.2, 0.25) is 11.8 Å². The number of halogens is 2. The highest BCUT2D eigenvalue weighted by Crippen LogP contribution is 2.17. The first kappa shape index (κ1) is 20.2. The van der Waals surface area contributed by atoms with Crippen LogP contribution in [0.2, 0.25) is 0 Å². The molecule has 0 bridgehead atoms. The first-order chi connectivity index (χ1) is 13.3. The highest BCUT2D eigenvalue weighted by atomic mass is 79.9. The van der Waals surface area contributed by atoms with Crippen molar-refractivity contribution < 1.29 is 22.1 Å². The molecule has 0 aliphatic carbocycles. The van der Waals surface area contributed by atoms with Crippen LogP contribution in [0.25, 0.3) is 0 Å². The zero-order valence-corrected chi connectivity index (χ0v) is 16.8. The van der Waals surface area contributed by atoms with Gasteiger partial charge in [-0.3, -0.25) is 4.79 Å². The number of rotatable bonds is 7. The topological polar surface area (TPSA) is 102 Å². The molecule has 0 radical (unpaired) electrons. The smallest absolute Gasteiger partial charge is 0.227 e. The van der Waals surface area contributed by atoms with E-state index in [1.807, 2.05) is 0 Å². The Balaban J connectivity index is 1.55. The zero-order valence-electron chi connectivity index (χ0n) is 14.4. The van der Waals surface area contributed by atoms with E-state index in [9.17, 15) is 17.6 Å². The zero-order chi connectivity index (χ0) is 20.1. The highest BCUT2D eigenvalue weighted by Gasteiger charge is 2.19. The molecule has 0 aliphatic heterocycles. The molecule has 1 N–H and O–H groups in total. The van der Waals surface area contributed by atoms with Crippen molar-refractivity contribution in [1.82, 2.24) is 10.1 Å². The molecule has 28 heavy (non-hydrogen) atoms. The summed E-state index contributed by atoms with van der Waals surface area (Å²) >= 11 is 3.31. The van der Waals surface area contributed by atoms with Crippen molar-refractivity contribution in [1.29, 1.82) is 0 Å². The summed E-state index contributed by atoms with van der Waals surface area (Å²) in [6, 6.07) is 11.6. The normalized spacial score (nSPS) is 11.4. The van der Waals surface area contributed by atoms with Gasteiger partial charge in [0.1, 0.15) is 11.6 Å². The molecular formula is C18H15BrFN3O4S. The predicted molar refractivity (Wildman–Crippen MR) is 103 cm³/mol. The Labute approximate surface area is 169 Å². The number of sulfone groups is 1. The van der Waals surface area contributed by atoms with Crippen LogP contribution in [0, 0.1) is 5.82 Å². The van der Waals surface area contributed by atoms with Crippen molar-refractivity contribution in [3.8, 4) is 0 Å². The third kappa shape index (κ3) is 5.46. The maximum atomic E-state index is 12.9. The molecule has 1 heterocycles. The molecule has 0 spiro atoms. The van der Waals surface area contributed by atoms with Gasteiger partial charge >= 0.3 is 0 Å². The number of nitrogens with one attached hydrogen (secondary N) is 1. The van der Waals surface area contributed by atoms with Crippen molar-refractivity contribution in [2.45, 2.75) is 23.5 Å². The summed E-state index contributed by atoms with van der Waals surface area (Å²) in [6.45, 7) is 0. The molecule has 0 atom stereocenters. The molecule has 0 unspecified atom stereocenters. The van der Waals surface area contributed by atoms with E-state index in [1.165, 1.54) is 12.1 Å². The maximum Gasteiger partial charge on any atom is 0.227 e. The molecule has 146 valence electrons. The van der Waals surface area contributed by atoms with Gasteiger partial charge in [-0.25, -0.2) is 12.8 Å². The molecule has 7 nitrogen and oxygen atoms in total. The van der Waals surface area contributed by atoms with Crippen LogP contribution in [0.4, 0.5) is 10.1 Å². The molecule has 0 saturated carbocycles. The number of benzene rings is 2. The fraction of sp³-hybridized carbons (Fsp3) is 0.167. The van der Waals surface area contributed by atoms with Gasteiger partial charge in [-0.15, -0.1) is 0 Å². The molecule has 0 aliphatic rings. The van der Waals surface area contributed by atoms with E-state index in [0.717, 1.165) is 16.6 Å². The van der Waals surface area contributed by atoms with E-state index in [2.05, 4.69) is 31.4 Å². The van der Waals surface area contributed by atoms with E-state index in [0.29, 0.717) is 5.69 Å². The van der Waals surface area contributed by atoms with E-state index in [-0.39, 0.29) is 35.4 Å². The summed E-state index contributed by atoms with van der Waals surface area (Å²) in [4.78, 5) is 16.0. The van der Waals surface area contributed by atoms with Crippen LogP contribution in [0.1, 0.15) is 18.1 Å². The number of hydrogen-bond donors (Lipinski definition) is 1. The first-order valence-electron chi connectivity index (χ1n) is 8.17. The van der Waals surface area contributed by atoms with E-state index in [1.54, 1.807) is 24.3 Å². The van der Waals surface area contributed by atoms with Gasteiger partial charge in [-0.1, -0.05) is 21.1 Å². The fourth-order valence-corrected chi connectivity index (χ4v) is 3.76. The number of hydrogen-bond acceptors (Lipinski definition) is 6. The van der Waals surface area contributed by atoms with Gasteiger partial charge in [0.15, 0.2) is 15.7 Å². The summed E-state index contributed by atoms with van der Waals surface area (Å²) < 4.78 is 43.5. The Kier molecular flexibility index (Phi) is 6.20. The van der Waals surface area contributed by atoms with Crippen molar-refractivity contribution >= 4 is 37.4 Å². The SMILES string of the molecule is O=C(CCc1nc(CS(=O)(=O)c2ccc(F)cc2)no1)Nc1ccc(Br)cc1. The number of aryl methyl sites for hydroxylation is 1. The van der Waals surface area contributed by atoms with Crippen LogP contribution in [0.15, 0.2) is 62.4 Å². The van der Waals surface area contributed by atoms with Crippen LogP contribution in [0.3, 0.4) is 0 Å². The first-order valence-corrected chi connectivity index (χ1v) is 10.6. The predicted octanol–water partition coefficient (Wildman–Crippen LogP) is 3.52. The van der Waals surface area contributed by atoms with Crippen LogP contribution in [-0.4, -0.2) is 24.5 Å². The second-order valence-electron chi connectivity index (χ2n) is 5.87. The number of carbonyl (C=O) groups is 1. The fourth-order valence-electron chi connectivity index (χ4n) is 2.32. The number of aromatic nitrogens is 2. The number of carbonyl (C=O) groups excluding carboxylic acids is 1. The summed E-state index contributed by atoms with van der Waals surface area (Å²) in [6.07, 6.45) is 0.272. The maximum absolute atomic E-state index is 12.9. The Morgan fingerprint density at radius 3 is 2.46 bits per heavy atom.